The van der Waals surface area contributed by atoms with Crippen LogP contribution in [0.15, 0.2) is 12.1 Å². The van der Waals surface area contributed by atoms with Gasteiger partial charge in [-0.3, -0.25) is 4.79 Å². The zero-order valence-corrected chi connectivity index (χ0v) is 7.87. The van der Waals surface area contributed by atoms with E-state index in [0.29, 0.717) is 11.3 Å². The number of nitrogens with two attached hydrogens (primary N) is 1. The van der Waals surface area contributed by atoms with Gasteiger partial charge in [0.1, 0.15) is 0 Å². The Morgan fingerprint density at radius 1 is 1.50 bits per heavy atom. The van der Waals surface area contributed by atoms with Crippen LogP contribution in [0, 0.1) is 6.92 Å². The standard InChI is InChI=1S/C10H11NO3/c1-6-2-7(8(12)4-11)3-9-10(6)14-5-13-9/h2-3H,4-5,11H2,1H3. The van der Waals surface area contributed by atoms with Crippen LogP contribution in [0.25, 0.3) is 0 Å². The largest absolute Gasteiger partial charge is 0.454 e. The number of hydrogen-bond donors (Lipinski definition) is 1. The Labute approximate surface area is 81.6 Å². The van der Waals surface area contributed by atoms with Crippen LogP contribution in [0.4, 0.5) is 0 Å². The summed E-state index contributed by atoms with van der Waals surface area (Å²) in [5.41, 5.74) is 6.76. The summed E-state index contributed by atoms with van der Waals surface area (Å²) in [5.74, 6) is 1.26. The molecule has 2 N–H and O–H groups in total. The van der Waals surface area contributed by atoms with Gasteiger partial charge >= 0.3 is 0 Å². The van der Waals surface area contributed by atoms with Crippen molar-refractivity contribution >= 4 is 5.78 Å². The van der Waals surface area contributed by atoms with Crippen molar-refractivity contribution in [2.24, 2.45) is 5.73 Å². The molecule has 1 heterocycles. The van der Waals surface area contributed by atoms with Gasteiger partial charge in [0.25, 0.3) is 0 Å². The van der Waals surface area contributed by atoms with Crippen LogP contribution in [0.5, 0.6) is 11.5 Å². The normalized spacial score (nSPS) is 13.0. The van der Waals surface area contributed by atoms with Crippen molar-refractivity contribution in [3.63, 3.8) is 0 Å². The Morgan fingerprint density at radius 2 is 2.29 bits per heavy atom. The summed E-state index contributed by atoms with van der Waals surface area (Å²) in [5, 5.41) is 0. The van der Waals surface area contributed by atoms with Crippen LogP contribution in [-0.4, -0.2) is 19.1 Å². The maximum atomic E-state index is 11.3. The minimum Gasteiger partial charge on any atom is -0.454 e. The predicted octanol–water partition coefficient (Wildman–Crippen LogP) is 0.865. The van der Waals surface area contributed by atoms with Gasteiger partial charge in [-0.25, -0.2) is 0 Å². The molecular formula is C10H11NO3. The van der Waals surface area contributed by atoms with Gasteiger partial charge in [0.2, 0.25) is 6.79 Å². The lowest BCUT2D eigenvalue weighted by Gasteiger charge is -2.03. The van der Waals surface area contributed by atoms with Crippen molar-refractivity contribution in [2.45, 2.75) is 6.92 Å². The molecule has 0 amide bonds. The minimum absolute atomic E-state index is 0.0130. The van der Waals surface area contributed by atoms with E-state index in [9.17, 15) is 4.79 Å². The summed E-state index contributed by atoms with van der Waals surface area (Å²) in [6.07, 6.45) is 0. The van der Waals surface area contributed by atoms with Crippen LogP contribution in [-0.2, 0) is 0 Å². The predicted molar refractivity (Wildman–Crippen MR) is 50.7 cm³/mol. The van der Waals surface area contributed by atoms with E-state index in [4.69, 9.17) is 15.2 Å². The van der Waals surface area contributed by atoms with Crippen LogP contribution in [0.3, 0.4) is 0 Å². The molecule has 0 atom stereocenters. The summed E-state index contributed by atoms with van der Waals surface area (Å²) >= 11 is 0. The molecule has 1 aliphatic heterocycles. The van der Waals surface area contributed by atoms with Crippen molar-refractivity contribution < 1.29 is 14.3 Å². The second kappa shape index (κ2) is 3.31. The number of carbonyl (C=O) groups excluding carboxylic acids is 1. The Kier molecular flexibility index (Phi) is 2.13. The molecule has 0 aromatic heterocycles. The van der Waals surface area contributed by atoms with Crippen LogP contribution < -0.4 is 15.2 Å². The van der Waals surface area contributed by atoms with Crippen LogP contribution in [0.1, 0.15) is 15.9 Å². The lowest BCUT2D eigenvalue weighted by molar-refractivity contribution is 0.100. The Hall–Kier alpha value is -1.55. The van der Waals surface area contributed by atoms with Gasteiger partial charge in [-0.05, 0) is 24.6 Å². The highest BCUT2D eigenvalue weighted by molar-refractivity contribution is 5.98. The van der Waals surface area contributed by atoms with Crippen molar-refractivity contribution in [3.05, 3.63) is 23.3 Å². The first kappa shape index (κ1) is 9.02. The van der Waals surface area contributed by atoms with E-state index in [1.165, 1.54) is 0 Å². The fourth-order valence-electron chi connectivity index (χ4n) is 1.46. The summed E-state index contributed by atoms with van der Waals surface area (Å²) in [6, 6.07) is 3.44. The molecule has 0 unspecified atom stereocenters. The average Bonchev–Trinajstić information content (AvgIpc) is 2.64. The third kappa shape index (κ3) is 1.33. The number of hydrogen-bond acceptors (Lipinski definition) is 4. The molecule has 2 rings (SSSR count). The Balaban J connectivity index is 2.46. The number of aryl methyl sites for hydroxylation is 1. The van der Waals surface area contributed by atoms with Crippen molar-refractivity contribution in [1.82, 2.24) is 0 Å². The average molecular weight is 193 g/mol. The third-order valence-corrected chi connectivity index (χ3v) is 2.17. The number of rotatable bonds is 2. The first-order chi connectivity index (χ1) is 6.72. The molecule has 1 aromatic rings. The monoisotopic (exact) mass is 193 g/mol. The van der Waals surface area contributed by atoms with E-state index in [2.05, 4.69) is 0 Å². The van der Waals surface area contributed by atoms with Gasteiger partial charge in [0.15, 0.2) is 17.3 Å². The van der Waals surface area contributed by atoms with Crippen molar-refractivity contribution in [2.75, 3.05) is 13.3 Å². The zero-order valence-electron chi connectivity index (χ0n) is 7.87. The number of carbonyl (C=O) groups is 1. The maximum Gasteiger partial charge on any atom is 0.231 e. The second-order valence-electron chi connectivity index (χ2n) is 3.15. The summed E-state index contributed by atoms with van der Waals surface area (Å²) in [4.78, 5) is 11.3. The lowest BCUT2D eigenvalue weighted by atomic mass is 10.1. The van der Waals surface area contributed by atoms with Gasteiger partial charge in [0, 0.05) is 5.56 Å². The van der Waals surface area contributed by atoms with E-state index in [0.717, 1.165) is 11.3 Å². The summed E-state index contributed by atoms with van der Waals surface area (Å²) in [6.45, 7) is 2.11. The number of fused-ring (bicyclic) bond motifs is 1. The molecule has 0 aliphatic carbocycles. The summed E-state index contributed by atoms with van der Waals surface area (Å²) < 4.78 is 10.4. The van der Waals surface area contributed by atoms with Gasteiger partial charge in [0.05, 0.1) is 6.54 Å². The molecule has 0 fully saturated rings. The van der Waals surface area contributed by atoms with E-state index in [1.807, 2.05) is 6.92 Å². The van der Waals surface area contributed by atoms with E-state index in [1.54, 1.807) is 12.1 Å². The SMILES string of the molecule is Cc1cc(C(=O)CN)cc2c1OCO2. The molecular weight excluding hydrogens is 182 g/mol. The number of Topliss-reactive ketones (excluding diaryl/α,β-unsaturated/α-hetero) is 1. The van der Waals surface area contributed by atoms with E-state index >= 15 is 0 Å². The fourth-order valence-corrected chi connectivity index (χ4v) is 1.46. The lowest BCUT2D eigenvalue weighted by Crippen LogP contribution is -2.13. The number of benzene rings is 1. The Morgan fingerprint density at radius 3 is 3.00 bits per heavy atom. The highest BCUT2D eigenvalue weighted by Gasteiger charge is 2.18. The third-order valence-electron chi connectivity index (χ3n) is 2.17. The van der Waals surface area contributed by atoms with Crippen molar-refractivity contribution in [3.8, 4) is 11.5 Å². The van der Waals surface area contributed by atoms with Crippen LogP contribution >= 0.6 is 0 Å². The molecule has 74 valence electrons. The van der Waals surface area contributed by atoms with Gasteiger partial charge in [-0.15, -0.1) is 0 Å². The molecule has 4 nitrogen and oxygen atoms in total. The molecule has 14 heavy (non-hydrogen) atoms. The van der Waals surface area contributed by atoms with E-state index in [-0.39, 0.29) is 19.1 Å². The number of ketones is 1. The molecule has 4 heteroatoms. The highest BCUT2D eigenvalue weighted by atomic mass is 16.7. The number of ether oxygens (including phenoxy) is 2. The fraction of sp³-hybridized carbons (Fsp3) is 0.300. The highest BCUT2D eigenvalue weighted by Crippen LogP contribution is 2.36. The zero-order chi connectivity index (χ0) is 10.1. The van der Waals surface area contributed by atoms with Gasteiger partial charge < -0.3 is 15.2 Å². The molecule has 0 radical (unpaired) electrons. The molecule has 0 saturated carbocycles. The van der Waals surface area contributed by atoms with Gasteiger partial charge in [-0.2, -0.15) is 0 Å². The summed E-state index contributed by atoms with van der Waals surface area (Å²) in [7, 11) is 0. The van der Waals surface area contributed by atoms with Crippen LogP contribution in [0.2, 0.25) is 0 Å². The van der Waals surface area contributed by atoms with E-state index < -0.39 is 0 Å². The quantitative estimate of drug-likeness (QED) is 0.708. The molecule has 0 spiro atoms. The first-order valence-corrected chi connectivity index (χ1v) is 4.36. The van der Waals surface area contributed by atoms with Gasteiger partial charge in [-0.1, -0.05) is 0 Å². The molecule has 0 bridgehead atoms. The minimum atomic E-state index is -0.0913. The molecule has 1 aromatic carbocycles. The van der Waals surface area contributed by atoms with Crippen molar-refractivity contribution in [1.29, 1.82) is 0 Å². The first-order valence-electron chi connectivity index (χ1n) is 4.36. The Bertz CT molecular complexity index is 387. The molecule has 0 saturated heterocycles. The maximum absolute atomic E-state index is 11.3. The molecule has 1 aliphatic rings. The smallest absolute Gasteiger partial charge is 0.231 e. The second-order valence-corrected chi connectivity index (χ2v) is 3.15. The topological polar surface area (TPSA) is 61.6 Å².